The number of carbonyl (C=O) groups is 1. The summed E-state index contributed by atoms with van der Waals surface area (Å²) in [5.41, 5.74) is 2.30. The van der Waals surface area contributed by atoms with Gasteiger partial charge < -0.3 is 0 Å². The molecule has 1 rings (SSSR count). The van der Waals surface area contributed by atoms with Crippen molar-refractivity contribution in [2.24, 2.45) is 0 Å². The maximum absolute atomic E-state index is 13.0. The van der Waals surface area contributed by atoms with Crippen molar-refractivity contribution in [3.63, 3.8) is 0 Å². The zero-order valence-electron chi connectivity index (χ0n) is 12.1. The van der Waals surface area contributed by atoms with Gasteiger partial charge in [-0.25, -0.2) is 5.01 Å². The Morgan fingerprint density at radius 1 is 1.15 bits per heavy atom. The number of unbranched alkanes of at least 4 members (excludes halogenated alkanes) is 6. The van der Waals surface area contributed by atoms with Crippen LogP contribution in [0.4, 0.5) is 13.2 Å². The maximum Gasteiger partial charge on any atom is 0.405 e. The first kappa shape index (κ1) is 17.3. The van der Waals surface area contributed by atoms with E-state index in [2.05, 4.69) is 12.3 Å². The molecule has 0 bridgehead atoms. The van der Waals surface area contributed by atoms with Crippen molar-refractivity contribution >= 4 is 5.91 Å². The molecule has 1 atom stereocenters. The van der Waals surface area contributed by atoms with E-state index in [0.29, 0.717) is 6.42 Å². The Morgan fingerprint density at radius 2 is 1.75 bits per heavy atom. The van der Waals surface area contributed by atoms with E-state index in [1.807, 2.05) is 0 Å². The van der Waals surface area contributed by atoms with Gasteiger partial charge in [0.1, 0.15) is 6.04 Å². The lowest BCUT2D eigenvalue weighted by molar-refractivity contribution is -0.190. The molecule has 1 N–H and O–H groups in total. The van der Waals surface area contributed by atoms with E-state index in [1.54, 1.807) is 0 Å². The number of nitrogens with zero attached hydrogens (tertiary/aromatic N) is 1. The zero-order valence-corrected chi connectivity index (χ0v) is 12.1. The third kappa shape index (κ3) is 6.11. The highest BCUT2D eigenvalue weighted by molar-refractivity contribution is 5.77. The molecule has 0 spiro atoms. The van der Waals surface area contributed by atoms with Crippen molar-refractivity contribution in [1.29, 1.82) is 0 Å². The van der Waals surface area contributed by atoms with Crippen molar-refractivity contribution in [2.45, 2.75) is 76.9 Å². The first-order valence-electron chi connectivity index (χ1n) is 7.58. The van der Waals surface area contributed by atoms with Crippen molar-refractivity contribution < 1.29 is 18.0 Å². The van der Waals surface area contributed by atoms with E-state index >= 15 is 0 Å². The summed E-state index contributed by atoms with van der Waals surface area (Å²) in [5.74, 6) is -0.321. The van der Waals surface area contributed by atoms with Gasteiger partial charge in [0.15, 0.2) is 0 Å². The third-order valence-electron chi connectivity index (χ3n) is 3.68. The molecule has 0 aromatic carbocycles. The summed E-state index contributed by atoms with van der Waals surface area (Å²) < 4.78 is 38.9. The lowest BCUT2D eigenvalue weighted by Gasteiger charge is -2.28. The molecule has 1 amide bonds. The Hall–Kier alpha value is -0.780. The summed E-state index contributed by atoms with van der Waals surface area (Å²) >= 11 is 0. The van der Waals surface area contributed by atoms with Crippen LogP contribution >= 0.6 is 0 Å². The molecule has 0 aromatic heterocycles. The van der Waals surface area contributed by atoms with Gasteiger partial charge in [0.2, 0.25) is 5.91 Å². The maximum atomic E-state index is 13.0. The largest absolute Gasteiger partial charge is 0.405 e. The summed E-state index contributed by atoms with van der Waals surface area (Å²) in [6, 6.07) is -1.54. The minimum atomic E-state index is -4.28. The highest BCUT2D eigenvalue weighted by atomic mass is 19.4. The molecule has 0 radical (unpaired) electrons. The second-order valence-corrected chi connectivity index (χ2v) is 5.45. The van der Waals surface area contributed by atoms with Gasteiger partial charge in [0, 0.05) is 13.0 Å². The second-order valence-electron chi connectivity index (χ2n) is 5.45. The first-order valence-corrected chi connectivity index (χ1v) is 7.58. The van der Waals surface area contributed by atoms with Crippen LogP contribution in [0.2, 0.25) is 0 Å². The SMILES string of the molecule is CCCCCCCCC[C@H](N1CCC(=O)N1)C(F)(F)F. The number of alkyl halides is 3. The normalized spacial score (nSPS) is 18.3. The van der Waals surface area contributed by atoms with E-state index in [1.165, 1.54) is 19.3 Å². The molecular weight excluding hydrogens is 269 g/mol. The molecular formula is C14H25F3N2O. The first-order chi connectivity index (χ1) is 9.45. The van der Waals surface area contributed by atoms with Crippen LogP contribution in [-0.2, 0) is 4.79 Å². The third-order valence-corrected chi connectivity index (χ3v) is 3.68. The van der Waals surface area contributed by atoms with Gasteiger partial charge >= 0.3 is 6.18 Å². The average Bonchev–Trinajstić information content (AvgIpc) is 2.77. The molecule has 0 unspecified atom stereocenters. The summed E-state index contributed by atoms with van der Waals surface area (Å²) in [5, 5.41) is 1.05. The molecule has 0 saturated carbocycles. The lowest BCUT2D eigenvalue weighted by Crippen LogP contribution is -2.49. The molecule has 1 aliphatic rings. The summed E-state index contributed by atoms with van der Waals surface area (Å²) in [6.45, 7) is 2.29. The minimum absolute atomic E-state index is 0.0670. The van der Waals surface area contributed by atoms with Crippen molar-refractivity contribution in [3.8, 4) is 0 Å². The van der Waals surface area contributed by atoms with Gasteiger partial charge in [0.25, 0.3) is 0 Å². The fourth-order valence-corrected chi connectivity index (χ4v) is 2.52. The lowest BCUT2D eigenvalue weighted by atomic mass is 10.0. The number of hydrazine groups is 1. The number of hydrogen-bond acceptors (Lipinski definition) is 2. The fraction of sp³-hybridized carbons (Fsp3) is 0.929. The van der Waals surface area contributed by atoms with E-state index in [4.69, 9.17) is 0 Å². The summed E-state index contributed by atoms with van der Waals surface area (Å²) in [6.07, 6.45) is 2.97. The Morgan fingerprint density at radius 3 is 2.25 bits per heavy atom. The number of halogens is 3. The van der Waals surface area contributed by atoms with Crippen LogP contribution in [0.5, 0.6) is 0 Å². The molecule has 3 nitrogen and oxygen atoms in total. The van der Waals surface area contributed by atoms with Gasteiger partial charge in [-0.1, -0.05) is 51.9 Å². The Labute approximate surface area is 118 Å². The number of carbonyl (C=O) groups excluding carboxylic acids is 1. The monoisotopic (exact) mass is 294 g/mol. The summed E-state index contributed by atoms with van der Waals surface area (Å²) in [4.78, 5) is 11.0. The Kier molecular flexibility index (Phi) is 7.34. The Balaban J connectivity index is 2.26. The van der Waals surface area contributed by atoms with Gasteiger partial charge in [-0.15, -0.1) is 0 Å². The molecule has 1 heterocycles. The van der Waals surface area contributed by atoms with Crippen LogP contribution in [0, 0.1) is 0 Å². The minimum Gasteiger partial charge on any atom is -0.288 e. The predicted octanol–water partition coefficient (Wildman–Crippen LogP) is 3.79. The van der Waals surface area contributed by atoms with Crippen LogP contribution in [0.25, 0.3) is 0 Å². The van der Waals surface area contributed by atoms with Crippen LogP contribution < -0.4 is 5.43 Å². The van der Waals surface area contributed by atoms with Gasteiger partial charge in [-0.3, -0.25) is 10.2 Å². The van der Waals surface area contributed by atoms with E-state index < -0.39 is 12.2 Å². The van der Waals surface area contributed by atoms with Gasteiger partial charge in [-0.05, 0) is 6.42 Å². The van der Waals surface area contributed by atoms with Gasteiger partial charge in [-0.2, -0.15) is 13.2 Å². The number of amides is 1. The van der Waals surface area contributed by atoms with Crippen LogP contribution in [0.3, 0.4) is 0 Å². The zero-order chi connectivity index (χ0) is 15.0. The quantitative estimate of drug-likeness (QED) is 0.656. The van der Waals surface area contributed by atoms with E-state index in [9.17, 15) is 18.0 Å². The molecule has 118 valence electrons. The fourth-order valence-electron chi connectivity index (χ4n) is 2.52. The predicted molar refractivity (Wildman–Crippen MR) is 71.9 cm³/mol. The smallest absolute Gasteiger partial charge is 0.288 e. The molecule has 1 fully saturated rings. The molecule has 1 saturated heterocycles. The van der Waals surface area contributed by atoms with Crippen molar-refractivity contribution in [1.82, 2.24) is 10.4 Å². The van der Waals surface area contributed by atoms with Crippen LogP contribution in [0.15, 0.2) is 0 Å². The molecule has 0 aromatic rings. The van der Waals surface area contributed by atoms with E-state index in [-0.39, 0.29) is 25.3 Å². The van der Waals surface area contributed by atoms with E-state index in [0.717, 1.165) is 24.3 Å². The Bertz CT molecular complexity index is 295. The van der Waals surface area contributed by atoms with Crippen molar-refractivity contribution in [2.75, 3.05) is 6.54 Å². The second kappa shape index (κ2) is 8.49. The highest BCUT2D eigenvalue weighted by Crippen LogP contribution is 2.29. The standard InChI is InChI=1S/C14H25F3N2O/c1-2-3-4-5-6-7-8-9-12(14(15,16)17)19-11-10-13(20)18-19/h12H,2-11H2,1H3,(H,18,20)/t12-/m0/s1. The number of hydrogen-bond donors (Lipinski definition) is 1. The number of rotatable bonds is 9. The average molecular weight is 294 g/mol. The van der Waals surface area contributed by atoms with Crippen LogP contribution in [-0.4, -0.2) is 29.7 Å². The molecule has 1 aliphatic heterocycles. The van der Waals surface area contributed by atoms with Crippen LogP contribution in [0.1, 0.15) is 64.7 Å². The molecule has 20 heavy (non-hydrogen) atoms. The topological polar surface area (TPSA) is 32.3 Å². The molecule has 0 aliphatic carbocycles. The molecule has 6 heteroatoms. The highest BCUT2D eigenvalue weighted by Gasteiger charge is 2.45. The van der Waals surface area contributed by atoms with Crippen molar-refractivity contribution in [3.05, 3.63) is 0 Å². The van der Waals surface area contributed by atoms with Gasteiger partial charge in [0.05, 0.1) is 0 Å². The summed E-state index contributed by atoms with van der Waals surface area (Å²) in [7, 11) is 0. The number of nitrogens with one attached hydrogen (secondary N) is 1.